The van der Waals surface area contributed by atoms with Gasteiger partial charge < -0.3 is 0 Å². The van der Waals surface area contributed by atoms with Gasteiger partial charge in [0.05, 0.1) is 18.1 Å². The fraction of sp³-hybridized carbons (Fsp3) is 0.250. The maximum atomic E-state index is 4.73. The third-order valence-electron chi connectivity index (χ3n) is 3.59. The zero-order chi connectivity index (χ0) is 11.6. The molecule has 4 rings (SSSR count). The summed E-state index contributed by atoms with van der Waals surface area (Å²) >= 11 is 0. The first-order chi connectivity index (χ1) is 8.25. The second-order valence-electron chi connectivity index (χ2n) is 4.51. The fourth-order valence-electron chi connectivity index (χ4n) is 2.61. The van der Waals surface area contributed by atoms with Crippen LogP contribution in [0, 0.1) is 6.92 Å². The lowest BCUT2D eigenvalue weighted by Gasteiger charge is -2.05. The van der Waals surface area contributed by atoms with Crippen LogP contribution in [0.4, 0.5) is 0 Å². The van der Waals surface area contributed by atoms with Gasteiger partial charge in [-0.25, -0.2) is 4.98 Å². The molecular formula is C12H11N5. The summed E-state index contributed by atoms with van der Waals surface area (Å²) in [6.07, 6.45) is 4.65. The van der Waals surface area contributed by atoms with Crippen LogP contribution in [0.5, 0.6) is 0 Å². The molecule has 1 aliphatic rings. The van der Waals surface area contributed by atoms with Crippen molar-refractivity contribution < 1.29 is 0 Å². The number of aromatic amines is 1. The second kappa shape index (κ2) is 2.74. The Hall–Kier alpha value is -2.17. The van der Waals surface area contributed by atoms with Gasteiger partial charge in [0.1, 0.15) is 0 Å². The van der Waals surface area contributed by atoms with Crippen molar-refractivity contribution in [3.05, 3.63) is 29.2 Å². The van der Waals surface area contributed by atoms with Gasteiger partial charge in [-0.2, -0.15) is 10.2 Å². The molecule has 0 fully saturated rings. The van der Waals surface area contributed by atoms with Crippen LogP contribution in [-0.4, -0.2) is 25.0 Å². The molecule has 1 N–H and O–H groups in total. The number of rotatable bonds is 0. The summed E-state index contributed by atoms with van der Waals surface area (Å²) in [6, 6.07) is 0. The molecule has 0 saturated carbocycles. The third-order valence-corrected chi connectivity index (χ3v) is 3.59. The molecule has 0 amide bonds. The van der Waals surface area contributed by atoms with Crippen LogP contribution in [0.25, 0.3) is 22.3 Å². The Morgan fingerprint density at radius 2 is 2.24 bits per heavy atom. The molecule has 1 aliphatic carbocycles. The van der Waals surface area contributed by atoms with E-state index >= 15 is 0 Å². The molecule has 5 nitrogen and oxygen atoms in total. The van der Waals surface area contributed by atoms with E-state index in [0.717, 1.165) is 28.7 Å². The minimum absolute atomic E-state index is 0.897. The van der Waals surface area contributed by atoms with Crippen LogP contribution >= 0.6 is 0 Å². The minimum atomic E-state index is 0.897. The van der Waals surface area contributed by atoms with Crippen LogP contribution in [0.2, 0.25) is 0 Å². The van der Waals surface area contributed by atoms with E-state index in [-0.39, 0.29) is 0 Å². The molecule has 3 aromatic rings. The van der Waals surface area contributed by atoms with E-state index in [1.807, 2.05) is 24.1 Å². The number of fused-ring (bicyclic) bond motifs is 4. The van der Waals surface area contributed by atoms with Crippen molar-refractivity contribution >= 4 is 11.0 Å². The van der Waals surface area contributed by atoms with Gasteiger partial charge in [0, 0.05) is 30.1 Å². The summed E-state index contributed by atoms with van der Waals surface area (Å²) in [5, 5.41) is 12.5. The SMILES string of the molecule is Cc1c2c(nc3c1cnn3C)-c1cn[nH]c1C2. The van der Waals surface area contributed by atoms with Gasteiger partial charge in [-0.1, -0.05) is 0 Å². The number of H-pyrrole nitrogens is 1. The van der Waals surface area contributed by atoms with E-state index in [0.29, 0.717) is 0 Å². The zero-order valence-electron chi connectivity index (χ0n) is 9.65. The largest absolute Gasteiger partial charge is 0.282 e. The maximum Gasteiger partial charge on any atom is 0.158 e. The molecule has 0 aliphatic heterocycles. The lowest BCUT2D eigenvalue weighted by atomic mass is 10.1. The average molecular weight is 225 g/mol. The van der Waals surface area contributed by atoms with Gasteiger partial charge in [-0.3, -0.25) is 9.78 Å². The average Bonchev–Trinajstić information content (AvgIpc) is 2.95. The quantitative estimate of drug-likeness (QED) is 0.494. The topological polar surface area (TPSA) is 59.4 Å². The van der Waals surface area contributed by atoms with Crippen LogP contribution in [0.15, 0.2) is 12.4 Å². The summed E-state index contributed by atoms with van der Waals surface area (Å²) in [6.45, 7) is 2.14. The summed E-state index contributed by atoms with van der Waals surface area (Å²) in [4.78, 5) is 4.73. The Labute approximate surface area is 97.5 Å². The normalized spacial score (nSPS) is 13.1. The van der Waals surface area contributed by atoms with Crippen molar-refractivity contribution in [2.45, 2.75) is 13.3 Å². The van der Waals surface area contributed by atoms with Crippen molar-refractivity contribution in [1.29, 1.82) is 0 Å². The molecule has 0 bridgehead atoms. The highest BCUT2D eigenvalue weighted by Crippen LogP contribution is 2.37. The van der Waals surface area contributed by atoms with E-state index in [1.54, 1.807) is 0 Å². The predicted molar refractivity (Wildman–Crippen MR) is 63.6 cm³/mol. The third kappa shape index (κ3) is 0.963. The van der Waals surface area contributed by atoms with Gasteiger partial charge in [-0.15, -0.1) is 0 Å². The first kappa shape index (κ1) is 8.92. The molecule has 3 aromatic heterocycles. The highest BCUT2D eigenvalue weighted by atomic mass is 15.3. The molecule has 0 radical (unpaired) electrons. The fourth-order valence-corrected chi connectivity index (χ4v) is 2.61. The Kier molecular flexibility index (Phi) is 1.44. The van der Waals surface area contributed by atoms with Gasteiger partial charge in [0.15, 0.2) is 5.65 Å². The van der Waals surface area contributed by atoms with Crippen molar-refractivity contribution in [2.75, 3.05) is 0 Å². The molecule has 0 spiro atoms. The number of hydrogen-bond acceptors (Lipinski definition) is 3. The molecule has 5 heteroatoms. The van der Waals surface area contributed by atoms with E-state index in [4.69, 9.17) is 4.98 Å². The van der Waals surface area contributed by atoms with Gasteiger partial charge in [0.2, 0.25) is 0 Å². The highest BCUT2D eigenvalue weighted by molar-refractivity contribution is 5.87. The minimum Gasteiger partial charge on any atom is -0.282 e. The first-order valence-electron chi connectivity index (χ1n) is 5.59. The smallest absolute Gasteiger partial charge is 0.158 e. The van der Waals surface area contributed by atoms with Crippen molar-refractivity contribution in [1.82, 2.24) is 25.0 Å². The number of hydrogen-bond donors (Lipinski definition) is 1. The Bertz CT molecular complexity index is 750. The van der Waals surface area contributed by atoms with Crippen molar-refractivity contribution in [2.24, 2.45) is 7.05 Å². The molecule has 0 atom stereocenters. The lowest BCUT2D eigenvalue weighted by Crippen LogP contribution is -1.96. The van der Waals surface area contributed by atoms with E-state index in [9.17, 15) is 0 Å². The Balaban J connectivity index is 2.17. The van der Waals surface area contributed by atoms with Gasteiger partial charge in [0.25, 0.3) is 0 Å². The molecule has 17 heavy (non-hydrogen) atoms. The molecule has 3 heterocycles. The summed E-state index contributed by atoms with van der Waals surface area (Å²) in [5.41, 5.74) is 6.87. The monoisotopic (exact) mass is 225 g/mol. The first-order valence-corrected chi connectivity index (χ1v) is 5.59. The van der Waals surface area contributed by atoms with E-state index in [2.05, 4.69) is 22.2 Å². The number of aryl methyl sites for hydroxylation is 2. The van der Waals surface area contributed by atoms with Gasteiger partial charge >= 0.3 is 0 Å². The summed E-state index contributed by atoms with van der Waals surface area (Å²) in [7, 11) is 1.92. The number of aromatic nitrogens is 5. The van der Waals surface area contributed by atoms with Crippen LogP contribution < -0.4 is 0 Å². The van der Waals surface area contributed by atoms with Crippen molar-refractivity contribution in [3.8, 4) is 11.3 Å². The lowest BCUT2D eigenvalue weighted by molar-refractivity contribution is 0.786. The molecule has 0 aromatic carbocycles. The molecule has 0 saturated heterocycles. The van der Waals surface area contributed by atoms with E-state index in [1.165, 1.54) is 16.8 Å². The second-order valence-corrected chi connectivity index (χ2v) is 4.51. The summed E-state index contributed by atoms with van der Waals surface area (Å²) < 4.78 is 1.82. The Morgan fingerprint density at radius 3 is 3.12 bits per heavy atom. The van der Waals surface area contributed by atoms with E-state index < -0.39 is 0 Å². The Morgan fingerprint density at radius 1 is 1.35 bits per heavy atom. The van der Waals surface area contributed by atoms with Crippen molar-refractivity contribution in [3.63, 3.8) is 0 Å². The highest BCUT2D eigenvalue weighted by Gasteiger charge is 2.25. The van der Waals surface area contributed by atoms with Crippen LogP contribution in [0.3, 0.4) is 0 Å². The maximum absolute atomic E-state index is 4.73. The standard InChI is InChI=1S/C12H11N5/c1-6-7-3-10-9(4-13-16-10)11(7)15-12-8(6)5-14-17(12)2/h4-5H,3H2,1-2H3,(H,13,16). The molecule has 0 unspecified atom stereocenters. The zero-order valence-corrected chi connectivity index (χ0v) is 9.65. The predicted octanol–water partition coefficient (Wildman–Crippen LogP) is 1.57. The molecule has 84 valence electrons. The number of nitrogens with zero attached hydrogens (tertiary/aromatic N) is 4. The summed E-state index contributed by atoms with van der Waals surface area (Å²) in [5.74, 6) is 0. The number of nitrogens with one attached hydrogen (secondary N) is 1. The van der Waals surface area contributed by atoms with Crippen LogP contribution in [-0.2, 0) is 13.5 Å². The molecular weight excluding hydrogens is 214 g/mol. The van der Waals surface area contributed by atoms with Gasteiger partial charge in [-0.05, 0) is 18.1 Å². The number of pyridine rings is 1. The van der Waals surface area contributed by atoms with Crippen LogP contribution in [0.1, 0.15) is 16.8 Å².